The lowest BCUT2D eigenvalue weighted by molar-refractivity contribution is 0.0290. The Kier molecular flexibility index (Phi) is 4.50. The van der Waals surface area contributed by atoms with Gasteiger partial charge in [0.05, 0.1) is 12.4 Å². The van der Waals surface area contributed by atoms with Gasteiger partial charge in [0, 0.05) is 26.7 Å². The topological polar surface area (TPSA) is 64.4 Å². The molecule has 0 atom stereocenters. The minimum Gasteiger partial charge on any atom is -0.378 e. The molecule has 1 aromatic heterocycles. The molecule has 6 nitrogen and oxygen atoms in total. The fourth-order valence-corrected chi connectivity index (χ4v) is 4.02. The second kappa shape index (κ2) is 5.78. The van der Waals surface area contributed by atoms with E-state index in [1.807, 2.05) is 6.92 Å². The van der Waals surface area contributed by atoms with Crippen LogP contribution in [0.25, 0.3) is 0 Å². The molecule has 0 N–H and O–H groups in total. The Bertz CT molecular complexity index is 535. The summed E-state index contributed by atoms with van der Waals surface area (Å²) in [6, 6.07) is 0. The first kappa shape index (κ1) is 14.8. The third-order valence-electron chi connectivity index (χ3n) is 3.22. The van der Waals surface area contributed by atoms with Gasteiger partial charge in [-0.05, 0) is 19.8 Å². The first-order valence-electron chi connectivity index (χ1n) is 6.25. The third-order valence-corrected chi connectivity index (χ3v) is 5.61. The third kappa shape index (κ3) is 2.94. The van der Waals surface area contributed by atoms with Gasteiger partial charge in [-0.25, -0.2) is 13.4 Å². The number of imidazole rings is 1. The lowest BCUT2D eigenvalue weighted by atomic mass is 10.1. The predicted octanol–water partition coefficient (Wildman–Crippen LogP) is 1.26. The van der Waals surface area contributed by atoms with E-state index in [9.17, 15) is 8.42 Å². The summed E-state index contributed by atoms with van der Waals surface area (Å²) in [7, 11) is -1.93. The van der Waals surface area contributed by atoms with Crippen LogP contribution >= 0.6 is 11.6 Å². The molecule has 2 heterocycles. The highest BCUT2D eigenvalue weighted by molar-refractivity contribution is 7.89. The number of nitrogens with zero attached hydrogens (tertiary/aromatic N) is 3. The quantitative estimate of drug-likeness (QED) is 0.840. The van der Waals surface area contributed by atoms with Crippen LogP contribution in [0.15, 0.2) is 11.4 Å². The SMILES string of the molecule is CCOC1CCN(S(=O)(=O)c2ncn(C)c2Cl)CC1. The molecule has 0 aromatic carbocycles. The van der Waals surface area contributed by atoms with Gasteiger partial charge in [-0.1, -0.05) is 11.6 Å². The van der Waals surface area contributed by atoms with Crippen molar-refractivity contribution in [2.75, 3.05) is 19.7 Å². The summed E-state index contributed by atoms with van der Waals surface area (Å²) in [5, 5.41) is 0.0819. The van der Waals surface area contributed by atoms with Crippen LogP contribution in [-0.4, -0.2) is 48.1 Å². The van der Waals surface area contributed by atoms with Crippen LogP contribution in [0.3, 0.4) is 0 Å². The summed E-state index contributed by atoms with van der Waals surface area (Å²) >= 11 is 5.96. The van der Waals surface area contributed by atoms with Gasteiger partial charge in [0.2, 0.25) is 5.03 Å². The van der Waals surface area contributed by atoms with Crippen molar-refractivity contribution >= 4 is 21.6 Å². The van der Waals surface area contributed by atoms with Crippen molar-refractivity contribution in [2.24, 2.45) is 7.05 Å². The minimum absolute atomic E-state index is 0.0634. The van der Waals surface area contributed by atoms with E-state index < -0.39 is 10.0 Å². The van der Waals surface area contributed by atoms with Crippen molar-refractivity contribution in [2.45, 2.75) is 30.9 Å². The highest BCUT2D eigenvalue weighted by Gasteiger charge is 2.33. The number of ether oxygens (including phenoxy) is 1. The van der Waals surface area contributed by atoms with Crippen LogP contribution in [0.1, 0.15) is 19.8 Å². The number of aryl methyl sites for hydroxylation is 1. The molecule has 0 aliphatic carbocycles. The zero-order valence-electron chi connectivity index (χ0n) is 11.0. The van der Waals surface area contributed by atoms with Crippen molar-refractivity contribution < 1.29 is 13.2 Å². The average Bonchev–Trinajstić information content (AvgIpc) is 2.72. The Morgan fingerprint density at radius 2 is 2.11 bits per heavy atom. The number of sulfonamides is 1. The highest BCUT2D eigenvalue weighted by atomic mass is 35.5. The molecule has 0 unspecified atom stereocenters. The number of hydrogen-bond donors (Lipinski definition) is 0. The van der Waals surface area contributed by atoms with Crippen molar-refractivity contribution in [1.29, 1.82) is 0 Å². The molecule has 1 fully saturated rings. The van der Waals surface area contributed by atoms with Crippen LogP contribution in [0.4, 0.5) is 0 Å². The summed E-state index contributed by atoms with van der Waals surface area (Å²) in [5.41, 5.74) is 0. The van der Waals surface area contributed by atoms with Gasteiger partial charge in [0.25, 0.3) is 10.0 Å². The Hall–Kier alpha value is -0.630. The molecule has 2 rings (SSSR count). The molecule has 0 bridgehead atoms. The largest absolute Gasteiger partial charge is 0.378 e. The Morgan fingerprint density at radius 1 is 1.47 bits per heavy atom. The molecule has 19 heavy (non-hydrogen) atoms. The molecule has 1 aliphatic heterocycles. The summed E-state index contributed by atoms with van der Waals surface area (Å²) < 4.78 is 33.2. The molecule has 0 spiro atoms. The maximum Gasteiger partial charge on any atom is 0.263 e. The van der Waals surface area contributed by atoms with E-state index in [0.29, 0.717) is 32.5 Å². The second-order valence-corrected chi connectivity index (χ2v) is 6.72. The zero-order chi connectivity index (χ0) is 14.0. The first-order chi connectivity index (χ1) is 8.96. The smallest absolute Gasteiger partial charge is 0.263 e. The minimum atomic E-state index is -3.60. The van der Waals surface area contributed by atoms with E-state index in [1.54, 1.807) is 7.05 Å². The lowest BCUT2D eigenvalue weighted by Crippen LogP contribution is -2.41. The maximum atomic E-state index is 12.4. The van der Waals surface area contributed by atoms with Gasteiger partial charge >= 0.3 is 0 Å². The molecule has 1 saturated heterocycles. The molecule has 0 radical (unpaired) electrons. The van der Waals surface area contributed by atoms with E-state index in [1.165, 1.54) is 15.2 Å². The molecular formula is C11H18ClN3O3S. The monoisotopic (exact) mass is 307 g/mol. The number of halogens is 1. The Balaban J connectivity index is 2.12. The van der Waals surface area contributed by atoms with E-state index in [-0.39, 0.29) is 16.3 Å². The summed E-state index contributed by atoms with van der Waals surface area (Å²) in [4.78, 5) is 3.89. The van der Waals surface area contributed by atoms with Gasteiger partial charge < -0.3 is 9.30 Å². The summed E-state index contributed by atoms with van der Waals surface area (Å²) in [5.74, 6) is 0. The van der Waals surface area contributed by atoms with Crippen LogP contribution in [0.5, 0.6) is 0 Å². The van der Waals surface area contributed by atoms with Crippen LogP contribution in [-0.2, 0) is 21.8 Å². The van der Waals surface area contributed by atoms with Crippen LogP contribution in [0.2, 0.25) is 5.15 Å². The van der Waals surface area contributed by atoms with Gasteiger partial charge in [-0.3, -0.25) is 0 Å². The molecule has 1 aliphatic rings. The molecule has 0 amide bonds. The van der Waals surface area contributed by atoms with Crippen molar-refractivity contribution in [1.82, 2.24) is 13.9 Å². The molecule has 1 aromatic rings. The maximum absolute atomic E-state index is 12.4. The molecule has 8 heteroatoms. The number of piperidine rings is 1. The van der Waals surface area contributed by atoms with Crippen molar-refractivity contribution in [3.8, 4) is 0 Å². The number of aromatic nitrogens is 2. The van der Waals surface area contributed by atoms with Gasteiger partial charge in [0.15, 0.2) is 0 Å². The van der Waals surface area contributed by atoms with Crippen molar-refractivity contribution in [3.05, 3.63) is 11.5 Å². The van der Waals surface area contributed by atoms with Crippen LogP contribution < -0.4 is 0 Å². The number of rotatable bonds is 4. The van der Waals surface area contributed by atoms with Gasteiger partial charge in [0.1, 0.15) is 5.15 Å². The molecular weight excluding hydrogens is 290 g/mol. The molecule has 0 saturated carbocycles. The predicted molar refractivity (Wildman–Crippen MR) is 71.6 cm³/mol. The van der Waals surface area contributed by atoms with E-state index >= 15 is 0 Å². The van der Waals surface area contributed by atoms with E-state index in [2.05, 4.69) is 4.98 Å². The van der Waals surface area contributed by atoms with Crippen molar-refractivity contribution in [3.63, 3.8) is 0 Å². The molecule has 108 valence electrons. The normalized spacial score (nSPS) is 18.9. The highest BCUT2D eigenvalue weighted by Crippen LogP contribution is 2.25. The lowest BCUT2D eigenvalue weighted by Gasteiger charge is -2.30. The average molecular weight is 308 g/mol. The first-order valence-corrected chi connectivity index (χ1v) is 8.07. The Morgan fingerprint density at radius 3 is 2.58 bits per heavy atom. The Labute approximate surface area is 118 Å². The van der Waals surface area contributed by atoms with E-state index in [0.717, 1.165) is 0 Å². The zero-order valence-corrected chi connectivity index (χ0v) is 12.6. The van der Waals surface area contributed by atoms with E-state index in [4.69, 9.17) is 16.3 Å². The second-order valence-electron chi connectivity index (χ2n) is 4.51. The standard InChI is InChI=1S/C11H18ClN3O3S/c1-3-18-9-4-6-15(7-5-9)19(16,17)11-10(12)14(2)8-13-11/h8-9H,3-7H2,1-2H3. The fraction of sp³-hybridized carbons (Fsp3) is 0.727. The van der Waals surface area contributed by atoms with Gasteiger partial charge in [-0.15, -0.1) is 0 Å². The number of hydrogen-bond acceptors (Lipinski definition) is 4. The summed E-state index contributed by atoms with van der Waals surface area (Å²) in [6.45, 7) is 3.49. The van der Waals surface area contributed by atoms with Gasteiger partial charge in [-0.2, -0.15) is 4.31 Å². The summed E-state index contributed by atoms with van der Waals surface area (Å²) in [6.07, 6.45) is 2.97. The van der Waals surface area contributed by atoms with Crippen LogP contribution in [0, 0.1) is 0 Å². The fourth-order valence-electron chi connectivity index (χ4n) is 2.16.